The van der Waals surface area contributed by atoms with Crippen molar-refractivity contribution < 1.29 is 4.42 Å². The van der Waals surface area contributed by atoms with Crippen LogP contribution in [0.1, 0.15) is 24.1 Å². The lowest BCUT2D eigenvalue weighted by molar-refractivity contribution is 0.526. The van der Waals surface area contributed by atoms with E-state index in [1.165, 1.54) is 0 Å². The van der Waals surface area contributed by atoms with Gasteiger partial charge in [0.15, 0.2) is 4.67 Å². The van der Waals surface area contributed by atoms with Crippen molar-refractivity contribution in [2.24, 2.45) is 0 Å². The van der Waals surface area contributed by atoms with Crippen molar-refractivity contribution >= 4 is 15.9 Å². The maximum atomic E-state index is 5.27. The Hall–Kier alpha value is -1.13. The summed E-state index contributed by atoms with van der Waals surface area (Å²) in [6.07, 6.45) is 5.32. The fourth-order valence-electron chi connectivity index (χ4n) is 1.67. The minimum atomic E-state index is 0.117. The van der Waals surface area contributed by atoms with E-state index in [0.717, 1.165) is 22.3 Å². The molecule has 1 unspecified atom stereocenters. The molecular formula is C12H13BrN2O. The van der Waals surface area contributed by atoms with Crippen molar-refractivity contribution in [3.8, 4) is 0 Å². The van der Waals surface area contributed by atoms with Gasteiger partial charge >= 0.3 is 0 Å². The number of nitrogens with one attached hydrogen (secondary N) is 1. The van der Waals surface area contributed by atoms with E-state index >= 15 is 0 Å². The summed E-state index contributed by atoms with van der Waals surface area (Å²) in [5.41, 5.74) is 2.22. The molecule has 16 heavy (non-hydrogen) atoms. The van der Waals surface area contributed by atoms with Crippen molar-refractivity contribution in [3.63, 3.8) is 0 Å². The Morgan fingerprint density at radius 2 is 2.38 bits per heavy atom. The molecule has 0 bridgehead atoms. The van der Waals surface area contributed by atoms with Crippen LogP contribution in [0, 0.1) is 0 Å². The van der Waals surface area contributed by atoms with E-state index in [9.17, 15) is 0 Å². The number of rotatable bonds is 4. The van der Waals surface area contributed by atoms with E-state index in [2.05, 4.69) is 39.2 Å². The van der Waals surface area contributed by atoms with E-state index in [-0.39, 0.29) is 6.04 Å². The largest absolute Gasteiger partial charge is 0.457 e. The molecule has 2 heterocycles. The molecule has 0 aliphatic rings. The molecule has 0 aromatic carbocycles. The van der Waals surface area contributed by atoms with Crippen LogP contribution in [0.25, 0.3) is 0 Å². The predicted octanol–water partition coefficient (Wildman–Crippen LogP) is 3.14. The molecule has 0 saturated heterocycles. The Balaban J connectivity index is 2.35. The first-order valence-electron chi connectivity index (χ1n) is 5.19. The number of nitrogens with zero attached hydrogens (tertiary/aromatic N) is 1. The van der Waals surface area contributed by atoms with Crippen LogP contribution in [0.2, 0.25) is 0 Å². The first-order chi connectivity index (χ1) is 7.83. The summed E-state index contributed by atoms with van der Waals surface area (Å²) in [6, 6.07) is 6.07. The molecule has 0 amide bonds. The highest BCUT2D eigenvalue weighted by Crippen LogP contribution is 2.28. The van der Waals surface area contributed by atoms with Crippen LogP contribution in [0.5, 0.6) is 0 Å². The second kappa shape index (κ2) is 5.27. The molecule has 0 spiro atoms. The Morgan fingerprint density at radius 1 is 1.50 bits per heavy atom. The minimum Gasteiger partial charge on any atom is -0.457 e. The topological polar surface area (TPSA) is 38.1 Å². The average molecular weight is 281 g/mol. The lowest BCUT2D eigenvalue weighted by atomic mass is 10.0. The highest BCUT2D eigenvalue weighted by atomic mass is 79.9. The number of aromatic nitrogens is 1. The second-order valence-electron chi connectivity index (χ2n) is 3.43. The normalized spacial score (nSPS) is 12.6. The number of hydrogen-bond donors (Lipinski definition) is 1. The maximum absolute atomic E-state index is 5.27. The molecule has 1 N–H and O–H groups in total. The molecule has 84 valence electrons. The molecule has 2 aromatic heterocycles. The van der Waals surface area contributed by atoms with Gasteiger partial charge in [0.2, 0.25) is 0 Å². The van der Waals surface area contributed by atoms with Gasteiger partial charge in [0.1, 0.15) is 0 Å². The van der Waals surface area contributed by atoms with Gasteiger partial charge in [-0.3, -0.25) is 4.98 Å². The van der Waals surface area contributed by atoms with Gasteiger partial charge in [-0.05, 0) is 40.2 Å². The standard InChI is InChI=1S/C12H13BrN2O/c1-2-15-11(9-4-3-6-14-8-9)10-5-7-16-12(10)13/h3-8,11,15H,2H2,1H3. The zero-order valence-electron chi connectivity index (χ0n) is 8.98. The second-order valence-corrected chi connectivity index (χ2v) is 4.15. The number of furan rings is 1. The van der Waals surface area contributed by atoms with Crippen LogP contribution >= 0.6 is 15.9 Å². The monoisotopic (exact) mass is 280 g/mol. The smallest absolute Gasteiger partial charge is 0.174 e. The lowest BCUT2D eigenvalue weighted by Gasteiger charge is -2.16. The van der Waals surface area contributed by atoms with Crippen LogP contribution in [0.4, 0.5) is 0 Å². The minimum absolute atomic E-state index is 0.117. The van der Waals surface area contributed by atoms with Crippen LogP contribution in [0.3, 0.4) is 0 Å². The van der Waals surface area contributed by atoms with Crippen molar-refractivity contribution in [2.75, 3.05) is 6.54 Å². The molecule has 0 aliphatic carbocycles. The third-order valence-corrected chi connectivity index (χ3v) is 3.03. The van der Waals surface area contributed by atoms with Gasteiger partial charge in [0, 0.05) is 18.0 Å². The van der Waals surface area contributed by atoms with Crippen molar-refractivity contribution in [2.45, 2.75) is 13.0 Å². The SMILES string of the molecule is CCNC(c1cccnc1)c1ccoc1Br. The van der Waals surface area contributed by atoms with E-state index < -0.39 is 0 Å². The number of pyridine rings is 1. The van der Waals surface area contributed by atoms with Gasteiger partial charge in [-0.1, -0.05) is 13.0 Å². The van der Waals surface area contributed by atoms with E-state index in [1.54, 1.807) is 12.5 Å². The number of halogens is 1. The van der Waals surface area contributed by atoms with Crippen molar-refractivity contribution in [1.82, 2.24) is 10.3 Å². The molecule has 3 nitrogen and oxygen atoms in total. The summed E-state index contributed by atoms with van der Waals surface area (Å²) in [7, 11) is 0. The third-order valence-electron chi connectivity index (χ3n) is 2.38. The summed E-state index contributed by atoms with van der Waals surface area (Å²) in [4.78, 5) is 4.14. The molecule has 0 fully saturated rings. The fourth-order valence-corrected chi connectivity index (χ4v) is 2.14. The van der Waals surface area contributed by atoms with Crippen LogP contribution < -0.4 is 5.32 Å². The summed E-state index contributed by atoms with van der Waals surface area (Å²) >= 11 is 3.41. The van der Waals surface area contributed by atoms with E-state index in [4.69, 9.17) is 4.42 Å². The highest BCUT2D eigenvalue weighted by molar-refractivity contribution is 9.10. The summed E-state index contributed by atoms with van der Waals surface area (Å²) in [5, 5.41) is 3.41. The van der Waals surface area contributed by atoms with Gasteiger partial charge in [0.05, 0.1) is 12.3 Å². The predicted molar refractivity (Wildman–Crippen MR) is 66.2 cm³/mol. The van der Waals surface area contributed by atoms with Gasteiger partial charge in [-0.2, -0.15) is 0 Å². The number of hydrogen-bond acceptors (Lipinski definition) is 3. The lowest BCUT2D eigenvalue weighted by Crippen LogP contribution is -2.21. The quantitative estimate of drug-likeness (QED) is 0.935. The van der Waals surface area contributed by atoms with Crippen molar-refractivity contribution in [1.29, 1.82) is 0 Å². The van der Waals surface area contributed by atoms with E-state index in [1.807, 2.05) is 18.3 Å². The van der Waals surface area contributed by atoms with Gasteiger partial charge in [0.25, 0.3) is 0 Å². The molecule has 2 aromatic rings. The van der Waals surface area contributed by atoms with Gasteiger partial charge in [-0.25, -0.2) is 0 Å². The first kappa shape index (κ1) is 11.4. The first-order valence-corrected chi connectivity index (χ1v) is 5.98. The molecule has 0 saturated carbocycles. The summed E-state index contributed by atoms with van der Waals surface area (Å²) in [6.45, 7) is 2.97. The molecule has 0 aliphatic heterocycles. The zero-order valence-corrected chi connectivity index (χ0v) is 10.6. The molecular weight excluding hydrogens is 268 g/mol. The Morgan fingerprint density at radius 3 is 2.94 bits per heavy atom. The Labute approximate surface area is 103 Å². The molecule has 1 atom stereocenters. The molecule has 2 rings (SSSR count). The maximum Gasteiger partial charge on any atom is 0.174 e. The van der Waals surface area contributed by atoms with Crippen LogP contribution in [-0.2, 0) is 0 Å². The van der Waals surface area contributed by atoms with Crippen LogP contribution in [-0.4, -0.2) is 11.5 Å². The fraction of sp³-hybridized carbons (Fsp3) is 0.250. The zero-order chi connectivity index (χ0) is 11.4. The summed E-state index contributed by atoms with van der Waals surface area (Å²) < 4.78 is 6.04. The van der Waals surface area contributed by atoms with Gasteiger partial charge < -0.3 is 9.73 Å². The Bertz CT molecular complexity index is 441. The van der Waals surface area contributed by atoms with Crippen molar-refractivity contribution in [3.05, 3.63) is 52.7 Å². The van der Waals surface area contributed by atoms with E-state index in [0.29, 0.717) is 0 Å². The summed E-state index contributed by atoms with van der Waals surface area (Å²) in [5.74, 6) is 0. The third kappa shape index (κ3) is 2.33. The average Bonchev–Trinajstić information content (AvgIpc) is 2.73. The Kier molecular flexibility index (Phi) is 3.74. The van der Waals surface area contributed by atoms with Gasteiger partial charge in [-0.15, -0.1) is 0 Å². The molecule has 0 radical (unpaired) electrons. The van der Waals surface area contributed by atoms with Crippen LogP contribution in [0.15, 0.2) is 45.9 Å². The highest BCUT2D eigenvalue weighted by Gasteiger charge is 2.17. The molecule has 4 heteroatoms.